The molecule has 3 rings (SSSR count). The van der Waals surface area contributed by atoms with Crippen molar-refractivity contribution in [3.05, 3.63) is 58.7 Å². The van der Waals surface area contributed by atoms with E-state index in [0.717, 1.165) is 6.42 Å². The normalized spacial score (nSPS) is 13.2. The van der Waals surface area contributed by atoms with E-state index in [-0.39, 0.29) is 0 Å². The highest BCUT2D eigenvalue weighted by Gasteiger charge is 2.19. The number of fused-ring (bicyclic) bond motifs is 2. The molecule has 1 heterocycles. The van der Waals surface area contributed by atoms with E-state index >= 15 is 0 Å². The minimum atomic E-state index is 1.05. The molecule has 0 aliphatic carbocycles. The van der Waals surface area contributed by atoms with E-state index in [1.54, 1.807) is 0 Å². The molecule has 0 bridgehead atoms. The lowest BCUT2D eigenvalue weighted by atomic mass is 9.94. The lowest BCUT2D eigenvalue weighted by molar-refractivity contribution is 1.05. The van der Waals surface area contributed by atoms with Crippen molar-refractivity contribution in [2.45, 2.75) is 20.3 Å². The minimum absolute atomic E-state index is 1.05. The van der Waals surface area contributed by atoms with Crippen LogP contribution in [-0.2, 0) is 6.42 Å². The topological polar surface area (TPSA) is 3.24 Å². The fourth-order valence-corrected chi connectivity index (χ4v) is 2.65. The van der Waals surface area contributed by atoms with Gasteiger partial charge in [0.1, 0.15) is 0 Å². The van der Waals surface area contributed by atoms with Gasteiger partial charge in [-0.1, -0.05) is 29.8 Å². The van der Waals surface area contributed by atoms with Crippen molar-refractivity contribution in [3.8, 4) is 0 Å². The molecule has 1 aliphatic heterocycles. The first-order valence-electron chi connectivity index (χ1n) is 6.08. The molecule has 0 atom stereocenters. The number of aryl methyl sites for hydroxylation is 2. The molecule has 0 N–H and O–H groups in total. The zero-order valence-electron chi connectivity index (χ0n) is 10.6. The van der Waals surface area contributed by atoms with Crippen molar-refractivity contribution in [1.82, 2.24) is 0 Å². The predicted octanol–water partition coefficient (Wildman–Crippen LogP) is 3.98. The van der Waals surface area contributed by atoms with Crippen LogP contribution in [0.15, 0.2) is 36.4 Å². The molecule has 2 aromatic carbocycles. The molecule has 0 saturated carbocycles. The number of benzene rings is 2. The SMILES string of the molecule is Cc1ccc2c(c1)Cc1ccc(C)cc1N2C. The zero-order valence-corrected chi connectivity index (χ0v) is 10.6. The van der Waals surface area contributed by atoms with Crippen LogP contribution in [0.4, 0.5) is 11.4 Å². The Morgan fingerprint density at radius 1 is 0.824 bits per heavy atom. The van der Waals surface area contributed by atoms with Crippen LogP contribution in [0.25, 0.3) is 0 Å². The van der Waals surface area contributed by atoms with E-state index in [9.17, 15) is 0 Å². The average molecular weight is 223 g/mol. The molecule has 0 radical (unpaired) electrons. The van der Waals surface area contributed by atoms with Crippen LogP contribution in [0.2, 0.25) is 0 Å². The van der Waals surface area contributed by atoms with Crippen LogP contribution in [0, 0.1) is 13.8 Å². The van der Waals surface area contributed by atoms with Gasteiger partial charge in [0.25, 0.3) is 0 Å². The van der Waals surface area contributed by atoms with Crippen molar-refractivity contribution in [1.29, 1.82) is 0 Å². The van der Waals surface area contributed by atoms with E-state index in [2.05, 4.69) is 62.2 Å². The Morgan fingerprint density at radius 3 is 2.35 bits per heavy atom. The first-order valence-corrected chi connectivity index (χ1v) is 6.08. The highest BCUT2D eigenvalue weighted by Crippen LogP contribution is 2.38. The van der Waals surface area contributed by atoms with Crippen molar-refractivity contribution < 1.29 is 0 Å². The van der Waals surface area contributed by atoms with Gasteiger partial charge < -0.3 is 4.90 Å². The second-order valence-corrected chi connectivity index (χ2v) is 5.00. The Labute approximate surface area is 103 Å². The first kappa shape index (κ1) is 10.4. The van der Waals surface area contributed by atoms with Crippen molar-refractivity contribution in [2.24, 2.45) is 0 Å². The summed E-state index contributed by atoms with van der Waals surface area (Å²) in [6.07, 6.45) is 1.05. The van der Waals surface area contributed by atoms with Crippen LogP contribution in [0.1, 0.15) is 22.3 Å². The predicted molar refractivity (Wildman–Crippen MR) is 73.2 cm³/mol. The molecule has 1 aliphatic rings. The van der Waals surface area contributed by atoms with Gasteiger partial charge in [-0.2, -0.15) is 0 Å². The Kier molecular flexibility index (Phi) is 2.22. The quantitative estimate of drug-likeness (QED) is 0.653. The van der Waals surface area contributed by atoms with E-state index in [1.165, 1.54) is 33.6 Å². The van der Waals surface area contributed by atoms with Gasteiger partial charge in [-0.25, -0.2) is 0 Å². The molecule has 1 heteroatoms. The Balaban J connectivity index is 2.17. The largest absolute Gasteiger partial charge is 0.344 e. The maximum atomic E-state index is 2.31. The summed E-state index contributed by atoms with van der Waals surface area (Å²) in [6, 6.07) is 13.5. The third-order valence-electron chi connectivity index (χ3n) is 3.58. The monoisotopic (exact) mass is 223 g/mol. The Hall–Kier alpha value is -1.76. The van der Waals surface area contributed by atoms with Crippen molar-refractivity contribution in [3.63, 3.8) is 0 Å². The molecule has 0 spiro atoms. The van der Waals surface area contributed by atoms with Crippen LogP contribution < -0.4 is 4.90 Å². The smallest absolute Gasteiger partial charge is 0.0446 e. The van der Waals surface area contributed by atoms with Gasteiger partial charge in [0.2, 0.25) is 0 Å². The lowest BCUT2D eigenvalue weighted by Crippen LogP contribution is -2.18. The minimum Gasteiger partial charge on any atom is -0.344 e. The molecular formula is C16H17N. The maximum Gasteiger partial charge on any atom is 0.0446 e. The fraction of sp³-hybridized carbons (Fsp3) is 0.250. The molecule has 1 nitrogen and oxygen atoms in total. The van der Waals surface area contributed by atoms with Crippen molar-refractivity contribution >= 4 is 11.4 Å². The maximum absolute atomic E-state index is 2.31. The fourth-order valence-electron chi connectivity index (χ4n) is 2.65. The average Bonchev–Trinajstić information content (AvgIpc) is 2.30. The van der Waals surface area contributed by atoms with E-state index in [1.807, 2.05) is 0 Å². The summed E-state index contributed by atoms with van der Waals surface area (Å²) in [4.78, 5) is 2.31. The summed E-state index contributed by atoms with van der Waals surface area (Å²) in [5.41, 5.74) is 8.22. The lowest BCUT2D eigenvalue weighted by Gasteiger charge is -2.30. The van der Waals surface area contributed by atoms with Crippen LogP contribution in [0.5, 0.6) is 0 Å². The second-order valence-electron chi connectivity index (χ2n) is 5.00. The van der Waals surface area contributed by atoms with Crippen LogP contribution in [0.3, 0.4) is 0 Å². The van der Waals surface area contributed by atoms with Gasteiger partial charge in [0.15, 0.2) is 0 Å². The zero-order chi connectivity index (χ0) is 12.0. The molecule has 2 aromatic rings. The van der Waals surface area contributed by atoms with Gasteiger partial charge >= 0.3 is 0 Å². The number of nitrogens with zero attached hydrogens (tertiary/aromatic N) is 1. The van der Waals surface area contributed by atoms with Gasteiger partial charge in [-0.15, -0.1) is 0 Å². The van der Waals surface area contributed by atoms with Crippen molar-refractivity contribution in [2.75, 3.05) is 11.9 Å². The molecule has 0 saturated heterocycles. The van der Waals surface area contributed by atoms with Crippen LogP contribution >= 0.6 is 0 Å². The summed E-state index contributed by atoms with van der Waals surface area (Å²) in [7, 11) is 2.16. The van der Waals surface area contributed by atoms with Gasteiger partial charge in [0.05, 0.1) is 0 Å². The molecule has 0 unspecified atom stereocenters. The molecule has 0 amide bonds. The first-order chi connectivity index (χ1) is 8.15. The summed E-state index contributed by atoms with van der Waals surface area (Å²) < 4.78 is 0. The van der Waals surface area contributed by atoms with E-state index < -0.39 is 0 Å². The summed E-state index contributed by atoms with van der Waals surface area (Å²) in [6.45, 7) is 4.31. The summed E-state index contributed by atoms with van der Waals surface area (Å²) in [5.74, 6) is 0. The third-order valence-corrected chi connectivity index (χ3v) is 3.58. The third kappa shape index (κ3) is 1.62. The molecule has 17 heavy (non-hydrogen) atoms. The van der Waals surface area contributed by atoms with Crippen LogP contribution in [-0.4, -0.2) is 7.05 Å². The Bertz CT molecular complexity index is 584. The van der Waals surface area contributed by atoms with E-state index in [0.29, 0.717) is 0 Å². The van der Waals surface area contributed by atoms with E-state index in [4.69, 9.17) is 0 Å². The summed E-state index contributed by atoms with van der Waals surface area (Å²) >= 11 is 0. The number of rotatable bonds is 0. The molecule has 0 fully saturated rings. The highest BCUT2D eigenvalue weighted by atomic mass is 15.1. The standard InChI is InChI=1S/C16H17N/c1-11-5-7-15-14(8-11)10-13-6-4-12(2)9-16(13)17(15)3/h4-9H,10H2,1-3H3. The second kappa shape index (κ2) is 3.63. The summed E-state index contributed by atoms with van der Waals surface area (Å²) in [5, 5.41) is 0. The molecular weight excluding hydrogens is 206 g/mol. The molecule has 0 aromatic heterocycles. The molecule has 86 valence electrons. The highest BCUT2D eigenvalue weighted by molar-refractivity contribution is 5.74. The van der Waals surface area contributed by atoms with Gasteiger partial charge in [-0.05, 0) is 42.7 Å². The number of hydrogen-bond acceptors (Lipinski definition) is 1. The van der Waals surface area contributed by atoms with Gasteiger partial charge in [0, 0.05) is 24.8 Å². The number of anilines is 2. The Morgan fingerprint density at radius 2 is 1.53 bits per heavy atom. The van der Waals surface area contributed by atoms with Gasteiger partial charge in [-0.3, -0.25) is 0 Å². The number of hydrogen-bond donors (Lipinski definition) is 0.